The molecule has 0 aromatic heterocycles. The summed E-state index contributed by atoms with van der Waals surface area (Å²) in [7, 11) is -3.71. The topological polar surface area (TPSA) is 63.4 Å². The molecule has 0 saturated carbocycles. The van der Waals surface area contributed by atoms with Crippen LogP contribution in [-0.2, 0) is 16.6 Å². The number of rotatable bonds is 6. The quantitative estimate of drug-likeness (QED) is 0.877. The van der Waals surface area contributed by atoms with Gasteiger partial charge in [-0.2, -0.15) is 4.31 Å². The van der Waals surface area contributed by atoms with Gasteiger partial charge in [0.25, 0.3) is 0 Å². The van der Waals surface area contributed by atoms with Crippen molar-refractivity contribution in [2.75, 3.05) is 13.1 Å². The van der Waals surface area contributed by atoms with Crippen molar-refractivity contribution in [2.24, 2.45) is 5.73 Å². The summed E-state index contributed by atoms with van der Waals surface area (Å²) in [6, 6.07) is 2.27. The molecule has 0 heterocycles. The van der Waals surface area contributed by atoms with Gasteiger partial charge in [0.2, 0.25) is 10.0 Å². The minimum Gasteiger partial charge on any atom is -0.326 e. The number of halogens is 2. The summed E-state index contributed by atoms with van der Waals surface area (Å²) in [5, 5.41) is -0.125. The van der Waals surface area contributed by atoms with E-state index in [9.17, 15) is 12.8 Å². The molecular weight excluding hydrogens is 291 g/mol. The molecule has 4 nitrogen and oxygen atoms in total. The van der Waals surface area contributed by atoms with E-state index in [1.54, 1.807) is 6.92 Å². The second kappa shape index (κ2) is 6.65. The lowest BCUT2D eigenvalue weighted by atomic mass is 10.2. The summed E-state index contributed by atoms with van der Waals surface area (Å²) in [5.74, 6) is -0.768. The van der Waals surface area contributed by atoms with Gasteiger partial charge in [0.15, 0.2) is 0 Å². The van der Waals surface area contributed by atoms with Gasteiger partial charge in [0, 0.05) is 19.6 Å². The molecule has 0 aliphatic rings. The van der Waals surface area contributed by atoms with Crippen LogP contribution in [-0.4, -0.2) is 25.8 Å². The highest BCUT2D eigenvalue weighted by Gasteiger charge is 2.24. The van der Waals surface area contributed by atoms with Crippen LogP contribution in [0.1, 0.15) is 25.8 Å². The molecule has 0 radical (unpaired) electrons. The summed E-state index contributed by atoms with van der Waals surface area (Å²) < 4.78 is 39.7. The molecule has 0 aliphatic heterocycles. The Bertz CT molecular complexity index is 549. The van der Waals surface area contributed by atoms with E-state index in [2.05, 4.69) is 0 Å². The van der Waals surface area contributed by atoms with Crippen molar-refractivity contribution in [1.82, 2.24) is 4.31 Å². The van der Waals surface area contributed by atoms with Crippen molar-refractivity contribution in [1.29, 1.82) is 0 Å². The van der Waals surface area contributed by atoms with Gasteiger partial charge in [-0.15, -0.1) is 0 Å². The SMILES string of the molecule is CCCN(CC)S(=O)(=O)c1cc(F)c(Cl)c(CN)c1. The zero-order valence-electron chi connectivity index (χ0n) is 11.0. The zero-order chi connectivity index (χ0) is 14.6. The molecule has 0 atom stereocenters. The fraction of sp³-hybridized carbons (Fsp3) is 0.500. The molecule has 1 aromatic rings. The minimum absolute atomic E-state index is 0.0149. The molecule has 0 spiro atoms. The Morgan fingerprint density at radius 2 is 2.00 bits per heavy atom. The number of nitrogens with two attached hydrogens (primary N) is 1. The number of sulfonamides is 1. The van der Waals surface area contributed by atoms with Gasteiger partial charge in [-0.1, -0.05) is 25.4 Å². The molecule has 1 aromatic carbocycles. The van der Waals surface area contributed by atoms with Gasteiger partial charge in [0.05, 0.1) is 9.92 Å². The smallest absolute Gasteiger partial charge is 0.243 e. The van der Waals surface area contributed by atoms with Crippen LogP contribution in [0.25, 0.3) is 0 Å². The van der Waals surface area contributed by atoms with E-state index >= 15 is 0 Å². The largest absolute Gasteiger partial charge is 0.326 e. The van der Waals surface area contributed by atoms with E-state index in [0.29, 0.717) is 19.5 Å². The first-order valence-corrected chi connectivity index (χ1v) is 7.88. The first-order chi connectivity index (χ1) is 8.88. The van der Waals surface area contributed by atoms with Gasteiger partial charge >= 0.3 is 0 Å². The zero-order valence-corrected chi connectivity index (χ0v) is 12.6. The average Bonchev–Trinajstić information content (AvgIpc) is 2.38. The highest BCUT2D eigenvalue weighted by Crippen LogP contribution is 2.26. The molecule has 19 heavy (non-hydrogen) atoms. The van der Waals surface area contributed by atoms with Crippen LogP contribution < -0.4 is 5.73 Å². The second-order valence-corrected chi connectivity index (χ2v) is 6.39. The lowest BCUT2D eigenvalue weighted by Crippen LogP contribution is -2.31. The molecule has 7 heteroatoms. The maximum atomic E-state index is 13.6. The minimum atomic E-state index is -3.71. The number of nitrogens with zero attached hydrogens (tertiary/aromatic N) is 1. The van der Waals surface area contributed by atoms with Crippen LogP contribution in [0.2, 0.25) is 5.02 Å². The van der Waals surface area contributed by atoms with Crippen LogP contribution >= 0.6 is 11.6 Å². The van der Waals surface area contributed by atoms with Gasteiger partial charge in [-0.3, -0.25) is 0 Å². The molecule has 0 saturated heterocycles. The number of hydrogen-bond acceptors (Lipinski definition) is 3. The van der Waals surface area contributed by atoms with E-state index in [4.69, 9.17) is 17.3 Å². The van der Waals surface area contributed by atoms with Gasteiger partial charge in [-0.05, 0) is 24.1 Å². The van der Waals surface area contributed by atoms with Crippen LogP contribution in [0, 0.1) is 5.82 Å². The van der Waals surface area contributed by atoms with E-state index in [0.717, 1.165) is 6.07 Å². The maximum absolute atomic E-state index is 13.6. The van der Waals surface area contributed by atoms with Crippen LogP contribution in [0.3, 0.4) is 0 Å². The predicted molar refractivity (Wildman–Crippen MR) is 74.0 cm³/mol. The maximum Gasteiger partial charge on any atom is 0.243 e. The summed E-state index contributed by atoms with van der Waals surface area (Å²) in [5.41, 5.74) is 5.72. The first-order valence-electron chi connectivity index (χ1n) is 6.06. The fourth-order valence-corrected chi connectivity index (χ4v) is 3.55. The molecule has 108 valence electrons. The fourth-order valence-electron chi connectivity index (χ4n) is 1.76. The first kappa shape index (κ1) is 16.4. The van der Waals surface area contributed by atoms with Crippen molar-refractivity contribution < 1.29 is 12.8 Å². The second-order valence-electron chi connectivity index (χ2n) is 4.08. The lowest BCUT2D eigenvalue weighted by Gasteiger charge is -2.20. The lowest BCUT2D eigenvalue weighted by molar-refractivity contribution is 0.426. The number of hydrogen-bond donors (Lipinski definition) is 1. The van der Waals surface area contributed by atoms with Crippen LogP contribution in [0.4, 0.5) is 4.39 Å². The molecular formula is C12H18ClFN2O2S. The van der Waals surface area contributed by atoms with Gasteiger partial charge < -0.3 is 5.73 Å². The molecule has 0 amide bonds. The standard InChI is InChI=1S/C12H18ClFN2O2S/c1-3-5-16(4-2)19(17,18)10-6-9(8-15)12(13)11(14)7-10/h6-7H,3-5,8,15H2,1-2H3. The number of benzene rings is 1. The normalized spacial score (nSPS) is 12.1. The summed E-state index contributed by atoms with van der Waals surface area (Å²) in [6.45, 7) is 4.33. The average molecular weight is 309 g/mol. The van der Waals surface area contributed by atoms with Crippen molar-refractivity contribution >= 4 is 21.6 Å². The van der Waals surface area contributed by atoms with E-state index in [1.807, 2.05) is 6.92 Å². The molecule has 0 fully saturated rings. The van der Waals surface area contributed by atoms with E-state index in [-0.39, 0.29) is 22.0 Å². The van der Waals surface area contributed by atoms with Gasteiger partial charge in [-0.25, -0.2) is 12.8 Å². The highest BCUT2D eigenvalue weighted by atomic mass is 35.5. The van der Waals surface area contributed by atoms with Crippen LogP contribution in [0.5, 0.6) is 0 Å². The third kappa shape index (κ3) is 3.45. The van der Waals surface area contributed by atoms with Crippen LogP contribution in [0.15, 0.2) is 17.0 Å². The van der Waals surface area contributed by atoms with Crippen molar-refractivity contribution in [3.8, 4) is 0 Å². The van der Waals surface area contributed by atoms with Crippen molar-refractivity contribution in [3.63, 3.8) is 0 Å². The van der Waals surface area contributed by atoms with Gasteiger partial charge in [0.1, 0.15) is 5.82 Å². The Hall–Kier alpha value is -0.690. The Labute approximate surface area is 118 Å². The predicted octanol–water partition coefficient (Wildman–Crippen LogP) is 2.36. The summed E-state index contributed by atoms with van der Waals surface area (Å²) in [4.78, 5) is -0.106. The third-order valence-electron chi connectivity index (χ3n) is 2.76. The molecule has 0 unspecified atom stereocenters. The molecule has 0 aliphatic carbocycles. The Morgan fingerprint density at radius 1 is 1.37 bits per heavy atom. The highest BCUT2D eigenvalue weighted by molar-refractivity contribution is 7.89. The molecule has 0 bridgehead atoms. The monoisotopic (exact) mass is 308 g/mol. The van der Waals surface area contributed by atoms with Crippen molar-refractivity contribution in [3.05, 3.63) is 28.5 Å². The van der Waals surface area contributed by atoms with E-state index < -0.39 is 15.8 Å². The van der Waals surface area contributed by atoms with E-state index in [1.165, 1.54) is 10.4 Å². The molecule has 2 N–H and O–H groups in total. The Balaban J connectivity index is 3.32. The Kier molecular flexibility index (Phi) is 5.73. The summed E-state index contributed by atoms with van der Waals surface area (Å²) >= 11 is 5.73. The van der Waals surface area contributed by atoms with Crippen molar-refractivity contribution in [2.45, 2.75) is 31.7 Å². The molecule has 1 rings (SSSR count). The summed E-state index contributed by atoms with van der Waals surface area (Å²) in [6.07, 6.45) is 0.687. The Morgan fingerprint density at radius 3 is 2.47 bits per heavy atom. The third-order valence-corrected chi connectivity index (χ3v) is 5.14.